The first-order chi connectivity index (χ1) is 9.66. The molecule has 0 saturated carbocycles. The molecule has 0 fully saturated rings. The minimum Gasteiger partial charge on any atom is -0.314 e. The van der Waals surface area contributed by atoms with Crippen molar-refractivity contribution in [2.24, 2.45) is 0 Å². The molecule has 2 rings (SSSR count). The Morgan fingerprint density at radius 2 is 1.55 bits per heavy atom. The highest BCUT2D eigenvalue weighted by Gasteiger charge is 2.13. The molecule has 0 heterocycles. The van der Waals surface area contributed by atoms with E-state index >= 15 is 0 Å². The Morgan fingerprint density at radius 3 is 2.20 bits per heavy atom. The number of hydrogen-bond donors (Lipinski definition) is 1. The van der Waals surface area contributed by atoms with Gasteiger partial charge in [-0.1, -0.05) is 68.4 Å². The van der Waals surface area contributed by atoms with E-state index in [9.17, 15) is 0 Å². The molecule has 0 aliphatic carbocycles. The third-order valence-corrected chi connectivity index (χ3v) is 3.77. The van der Waals surface area contributed by atoms with Gasteiger partial charge in [0.25, 0.3) is 0 Å². The molecule has 0 bridgehead atoms. The van der Waals surface area contributed by atoms with Gasteiger partial charge in [-0.05, 0) is 30.0 Å². The highest BCUT2D eigenvalue weighted by molar-refractivity contribution is 5.29. The molecular formula is C19H25N. The van der Waals surface area contributed by atoms with Gasteiger partial charge in [-0.25, -0.2) is 0 Å². The van der Waals surface area contributed by atoms with Crippen molar-refractivity contribution in [1.82, 2.24) is 5.32 Å². The molecule has 1 unspecified atom stereocenters. The van der Waals surface area contributed by atoms with Gasteiger partial charge in [0, 0.05) is 18.5 Å². The number of aryl methyl sites for hydroxylation is 1. The van der Waals surface area contributed by atoms with Crippen LogP contribution < -0.4 is 5.32 Å². The molecule has 0 saturated heterocycles. The van der Waals surface area contributed by atoms with Crippen LogP contribution in [0.2, 0.25) is 0 Å². The van der Waals surface area contributed by atoms with E-state index in [0.29, 0.717) is 12.0 Å². The number of nitrogens with one attached hydrogen (secondary N) is 1. The minimum absolute atomic E-state index is 0.526. The predicted octanol–water partition coefficient (Wildman–Crippen LogP) is 4.32. The first kappa shape index (κ1) is 14.8. The summed E-state index contributed by atoms with van der Waals surface area (Å²) in [6, 6.07) is 20.1. The van der Waals surface area contributed by atoms with Crippen molar-refractivity contribution >= 4 is 0 Å². The van der Waals surface area contributed by atoms with Gasteiger partial charge in [0.15, 0.2) is 0 Å². The second-order valence-electron chi connectivity index (χ2n) is 5.80. The second-order valence-corrected chi connectivity index (χ2v) is 5.80. The minimum atomic E-state index is 0.526. The summed E-state index contributed by atoms with van der Waals surface area (Å²) in [5.74, 6) is 0.527. The second kappa shape index (κ2) is 7.25. The van der Waals surface area contributed by atoms with Gasteiger partial charge in [-0.3, -0.25) is 0 Å². The molecule has 0 spiro atoms. The van der Waals surface area contributed by atoms with Crippen LogP contribution in [0.1, 0.15) is 36.5 Å². The average Bonchev–Trinajstić information content (AvgIpc) is 2.46. The van der Waals surface area contributed by atoms with E-state index < -0.39 is 0 Å². The van der Waals surface area contributed by atoms with Gasteiger partial charge in [-0.2, -0.15) is 0 Å². The maximum atomic E-state index is 3.58. The lowest BCUT2D eigenvalue weighted by atomic mass is 9.90. The van der Waals surface area contributed by atoms with Crippen LogP contribution >= 0.6 is 0 Å². The van der Waals surface area contributed by atoms with Crippen molar-refractivity contribution in [2.75, 3.05) is 6.54 Å². The van der Waals surface area contributed by atoms with Crippen molar-refractivity contribution in [2.45, 2.75) is 39.2 Å². The van der Waals surface area contributed by atoms with Crippen molar-refractivity contribution < 1.29 is 0 Å². The fraction of sp³-hybridized carbons (Fsp3) is 0.368. The Morgan fingerprint density at radius 1 is 0.900 bits per heavy atom. The lowest BCUT2D eigenvalue weighted by molar-refractivity contribution is 0.526. The maximum absolute atomic E-state index is 3.58. The standard InChI is InChI=1S/C19H25N/c1-15(2)20-14-19(17-10-5-4-6-11-17)13-18-12-8-7-9-16(18)3/h4-12,15,19-20H,13-14H2,1-3H3. The molecule has 2 aromatic carbocycles. The molecule has 0 amide bonds. The summed E-state index contributed by atoms with van der Waals surface area (Å²) >= 11 is 0. The molecule has 0 aliphatic heterocycles. The lowest BCUT2D eigenvalue weighted by Crippen LogP contribution is -2.29. The zero-order chi connectivity index (χ0) is 14.4. The van der Waals surface area contributed by atoms with Crippen molar-refractivity contribution in [1.29, 1.82) is 0 Å². The molecule has 20 heavy (non-hydrogen) atoms. The van der Waals surface area contributed by atoms with Crippen LogP contribution in [0.4, 0.5) is 0 Å². The SMILES string of the molecule is Cc1ccccc1CC(CNC(C)C)c1ccccc1. The summed E-state index contributed by atoms with van der Waals surface area (Å²) < 4.78 is 0. The Kier molecular flexibility index (Phi) is 5.37. The molecule has 106 valence electrons. The first-order valence-corrected chi connectivity index (χ1v) is 7.49. The van der Waals surface area contributed by atoms with Crippen molar-refractivity contribution in [3.63, 3.8) is 0 Å². The van der Waals surface area contributed by atoms with Crippen LogP contribution in [0.3, 0.4) is 0 Å². The fourth-order valence-corrected chi connectivity index (χ4v) is 2.52. The molecule has 2 aromatic rings. The largest absolute Gasteiger partial charge is 0.314 e. The summed E-state index contributed by atoms with van der Waals surface area (Å²) in [6.45, 7) is 7.63. The predicted molar refractivity (Wildman–Crippen MR) is 87.2 cm³/mol. The molecular weight excluding hydrogens is 242 g/mol. The summed E-state index contributed by atoms with van der Waals surface area (Å²) in [6.07, 6.45) is 1.09. The van der Waals surface area contributed by atoms with Gasteiger partial charge in [-0.15, -0.1) is 0 Å². The van der Waals surface area contributed by atoms with E-state index in [4.69, 9.17) is 0 Å². The van der Waals surface area contributed by atoms with E-state index in [-0.39, 0.29) is 0 Å². The van der Waals surface area contributed by atoms with Gasteiger partial charge in [0.2, 0.25) is 0 Å². The zero-order valence-electron chi connectivity index (χ0n) is 12.8. The van der Waals surface area contributed by atoms with Crippen LogP contribution in [0.5, 0.6) is 0 Å². The number of hydrogen-bond acceptors (Lipinski definition) is 1. The monoisotopic (exact) mass is 267 g/mol. The van der Waals surface area contributed by atoms with Crippen molar-refractivity contribution in [3.05, 3.63) is 71.3 Å². The van der Waals surface area contributed by atoms with Crippen LogP contribution in [0, 0.1) is 6.92 Å². The smallest absolute Gasteiger partial charge is 0.00257 e. The van der Waals surface area contributed by atoms with Crippen LogP contribution in [-0.2, 0) is 6.42 Å². The van der Waals surface area contributed by atoms with Gasteiger partial charge in [0.05, 0.1) is 0 Å². The fourth-order valence-electron chi connectivity index (χ4n) is 2.52. The highest BCUT2D eigenvalue weighted by atomic mass is 14.9. The molecule has 1 atom stereocenters. The van der Waals surface area contributed by atoms with Gasteiger partial charge in [0.1, 0.15) is 0 Å². The van der Waals surface area contributed by atoms with E-state index in [1.165, 1.54) is 16.7 Å². The summed E-state index contributed by atoms with van der Waals surface area (Å²) in [7, 11) is 0. The van der Waals surface area contributed by atoms with E-state index in [2.05, 4.69) is 80.7 Å². The topological polar surface area (TPSA) is 12.0 Å². The normalized spacial score (nSPS) is 12.6. The summed E-state index contributed by atoms with van der Waals surface area (Å²) in [5, 5.41) is 3.58. The van der Waals surface area contributed by atoms with Crippen LogP contribution in [0.15, 0.2) is 54.6 Å². The molecule has 1 N–H and O–H groups in total. The highest BCUT2D eigenvalue weighted by Crippen LogP contribution is 2.22. The van der Waals surface area contributed by atoms with E-state index in [0.717, 1.165) is 13.0 Å². The van der Waals surface area contributed by atoms with E-state index in [1.54, 1.807) is 0 Å². The van der Waals surface area contributed by atoms with Crippen molar-refractivity contribution in [3.8, 4) is 0 Å². The Balaban J connectivity index is 2.16. The molecule has 0 aliphatic rings. The Labute approximate surface area is 123 Å². The Hall–Kier alpha value is -1.60. The third kappa shape index (κ3) is 4.21. The van der Waals surface area contributed by atoms with Gasteiger partial charge < -0.3 is 5.32 Å². The molecule has 0 aromatic heterocycles. The Bertz CT molecular complexity index is 516. The maximum Gasteiger partial charge on any atom is 0.00257 e. The number of benzene rings is 2. The molecule has 0 radical (unpaired) electrons. The molecule has 1 heteroatoms. The molecule has 1 nitrogen and oxygen atoms in total. The van der Waals surface area contributed by atoms with Gasteiger partial charge >= 0.3 is 0 Å². The first-order valence-electron chi connectivity index (χ1n) is 7.49. The quantitative estimate of drug-likeness (QED) is 0.822. The van der Waals surface area contributed by atoms with E-state index in [1.807, 2.05) is 0 Å². The van der Waals surface area contributed by atoms with Crippen LogP contribution in [0.25, 0.3) is 0 Å². The number of rotatable bonds is 6. The average molecular weight is 267 g/mol. The zero-order valence-corrected chi connectivity index (χ0v) is 12.8. The summed E-state index contributed by atoms with van der Waals surface area (Å²) in [4.78, 5) is 0. The lowest BCUT2D eigenvalue weighted by Gasteiger charge is -2.21. The summed E-state index contributed by atoms with van der Waals surface area (Å²) in [5.41, 5.74) is 4.26. The third-order valence-electron chi connectivity index (χ3n) is 3.77. The van der Waals surface area contributed by atoms with Crippen LogP contribution in [-0.4, -0.2) is 12.6 Å².